The Hall–Kier alpha value is -2.25. The van der Waals surface area contributed by atoms with Gasteiger partial charge in [0.15, 0.2) is 0 Å². The van der Waals surface area contributed by atoms with Gasteiger partial charge in [-0.1, -0.05) is 44.4 Å². The van der Waals surface area contributed by atoms with E-state index in [0.29, 0.717) is 12.1 Å². The van der Waals surface area contributed by atoms with Gasteiger partial charge in [-0.2, -0.15) is 4.31 Å². The van der Waals surface area contributed by atoms with Crippen molar-refractivity contribution in [2.45, 2.75) is 56.4 Å². The van der Waals surface area contributed by atoms with Crippen molar-refractivity contribution in [3.63, 3.8) is 0 Å². The van der Waals surface area contributed by atoms with Crippen molar-refractivity contribution in [1.82, 2.24) is 4.31 Å². The Kier molecular flexibility index (Phi) is 6.70. The number of amides is 1. The number of anilines is 1. The SMILES string of the molecule is CCc1ccccc1NC(=O)c1cc(S(=O)(=O)N(C)C2CCCCC2)ccc1F. The van der Waals surface area contributed by atoms with Crippen molar-refractivity contribution in [2.75, 3.05) is 12.4 Å². The highest BCUT2D eigenvalue weighted by Crippen LogP contribution is 2.27. The maximum atomic E-state index is 14.4. The fraction of sp³-hybridized carbons (Fsp3) is 0.409. The predicted octanol–water partition coefficient (Wildman–Crippen LogP) is 4.59. The zero-order valence-corrected chi connectivity index (χ0v) is 17.6. The quantitative estimate of drug-likeness (QED) is 0.746. The van der Waals surface area contributed by atoms with E-state index in [1.807, 2.05) is 19.1 Å². The number of carbonyl (C=O) groups is 1. The largest absolute Gasteiger partial charge is 0.322 e. The van der Waals surface area contributed by atoms with Crippen LogP contribution in [-0.2, 0) is 16.4 Å². The molecule has 1 saturated carbocycles. The molecule has 7 heteroatoms. The van der Waals surface area contributed by atoms with Crippen molar-refractivity contribution >= 4 is 21.6 Å². The van der Waals surface area contributed by atoms with Crippen molar-refractivity contribution in [2.24, 2.45) is 0 Å². The fourth-order valence-corrected chi connectivity index (χ4v) is 5.23. The minimum Gasteiger partial charge on any atom is -0.322 e. The smallest absolute Gasteiger partial charge is 0.258 e. The van der Waals surface area contributed by atoms with Crippen LogP contribution in [0.1, 0.15) is 54.9 Å². The molecule has 0 saturated heterocycles. The summed E-state index contributed by atoms with van der Waals surface area (Å²) in [6, 6.07) is 10.6. The van der Waals surface area contributed by atoms with E-state index in [1.165, 1.54) is 10.4 Å². The van der Waals surface area contributed by atoms with Crippen molar-refractivity contribution in [1.29, 1.82) is 0 Å². The zero-order chi connectivity index (χ0) is 21.0. The van der Waals surface area contributed by atoms with Crippen molar-refractivity contribution in [3.8, 4) is 0 Å². The lowest BCUT2D eigenvalue weighted by Crippen LogP contribution is -2.38. The summed E-state index contributed by atoms with van der Waals surface area (Å²) in [6.07, 6.45) is 5.46. The molecule has 3 rings (SSSR count). The van der Waals surface area contributed by atoms with E-state index in [0.717, 1.165) is 49.8 Å². The van der Waals surface area contributed by atoms with Crippen LogP contribution in [0.25, 0.3) is 0 Å². The highest BCUT2D eigenvalue weighted by Gasteiger charge is 2.30. The molecule has 1 amide bonds. The lowest BCUT2D eigenvalue weighted by molar-refractivity contribution is 0.102. The summed E-state index contributed by atoms with van der Waals surface area (Å²) in [4.78, 5) is 12.6. The number of para-hydroxylation sites is 1. The Morgan fingerprint density at radius 1 is 1.14 bits per heavy atom. The fourth-order valence-electron chi connectivity index (χ4n) is 3.79. The highest BCUT2D eigenvalue weighted by atomic mass is 32.2. The van der Waals surface area contributed by atoms with E-state index in [2.05, 4.69) is 5.32 Å². The normalized spacial score (nSPS) is 15.4. The third-order valence-corrected chi connectivity index (χ3v) is 7.50. The molecule has 0 spiro atoms. The van der Waals surface area contributed by atoms with Crippen LogP contribution >= 0.6 is 0 Å². The average molecular weight is 419 g/mol. The second kappa shape index (κ2) is 9.05. The van der Waals surface area contributed by atoms with E-state index in [9.17, 15) is 17.6 Å². The van der Waals surface area contributed by atoms with Crippen LogP contribution in [0.15, 0.2) is 47.4 Å². The Bertz CT molecular complexity index is 985. The summed E-state index contributed by atoms with van der Waals surface area (Å²) in [5.41, 5.74) is 1.23. The Morgan fingerprint density at radius 2 is 1.83 bits per heavy atom. The minimum absolute atomic E-state index is 0.0625. The summed E-state index contributed by atoms with van der Waals surface area (Å²) < 4.78 is 41.8. The molecule has 2 aromatic rings. The van der Waals surface area contributed by atoms with Gasteiger partial charge in [-0.15, -0.1) is 0 Å². The van der Waals surface area contributed by atoms with E-state index in [4.69, 9.17) is 0 Å². The van der Waals surface area contributed by atoms with E-state index in [1.54, 1.807) is 19.2 Å². The first kappa shape index (κ1) is 21.5. The van der Waals surface area contributed by atoms with Crippen LogP contribution in [0.4, 0.5) is 10.1 Å². The third kappa shape index (κ3) is 4.67. The van der Waals surface area contributed by atoms with Gasteiger partial charge in [0.1, 0.15) is 5.82 Å². The molecule has 0 heterocycles. The first-order valence-corrected chi connectivity index (χ1v) is 11.5. The second-order valence-corrected chi connectivity index (χ2v) is 9.42. The van der Waals surface area contributed by atoms with Crippen LogP contribution < -0.4 is 5.32 Å². The topological polar surface area (TPSA) is 66.5 Å². The highest BCUT2D eigenvalue weighted by molar-refractivity contribution is 7.89. The maximum absolute atomic E-state index is 14.4. The van der Waals surface area contributed by atoms with Gasteiger partial charge in [0.05, 0.1) is 10.5 Å². The van der Waals surface area contributed by atoms with Crippen LogP contribution in [0.3, 0.4) is 0 Å². The summed E-state index contributed by atoms with van der Waals surface area (Å²) in [5, 5.41) is 2.70. The number of carbonyl (C=O) groups excluding carboxylic acids is 1. The summed E-state index contributed by atoms with van der Waals surface area (Å²) >= 11 is 0. The number of hydrogen-bond acceptors (Lipinski definition) is 3. The van der Waals surface area contributed by atoms with Gasteiger partial charge in [-0.05, 0) is 49.1 Å². The van der Waals surface area contributed by atoms with Gasteiger partial charge < -0.3 is 5.32 Å². The van der Waals surface area contributed by atoms with Gasteiger partial charge in [0.25, 0.3) is 5.91 Å². The second-order valence-electron chi connectivity index (χ2n) is 7.42. The molecular weight excluding hydrogens is 391 g/mol. The molecule has 1 N–H and O–H groups in total. The number of nitrogens with one attached hydrogen (secondary N) is 1. The molecule has 0 atom stereocenters. The molecule has 1 aliphatic rings. The molecular formula is C22H27FN2O3S. The minimum atomic E-state index is -3.81. The molecule has 1 fully saturated rings. The van der Waals surface area contributed by atoms with Crippen LogP contribution in [0.2, 0.25) is 0 Å². The van der Waals surface area contributed by atoms with Crippen LogP contribution in [0.5, 0.6) is 0 Å². The monoisotopic (exact) mass is 418 g/mol. The van der Waals surface area contributed by atoms with Crippen molar-refractivity contribution in [3.05, 3.63) is 59.4 Å². The van der Waals surface area contributed by atoms with E-state index in [-0.39, 0.29) is 16.5 Å². The molecule has 156 valence electrons. The Labute approximate surface area is 172 Å². The molecule has 29 heavy (non-hydrogen) atoms. The van der Waals surface area contributed by atoms with Gasteiger partial charge in [0.2, 0.25) is 10.0 Å². The molecule has 0 unspecified atom stereocenters. The molecule has 0 aliphatic heterocycles. The summed E-state index contributed by atoms with van der Waals surface area (Å²) in [6.45, 7) is 1.96. The number of sulfonamides is 1. The van der Waals surface area contributed by atoms with Gasteiger partial charge >= 0.3 is 0 Å². The van der Waals surface area contributed by atoms with Crippen LogP contribution in [0, 0.1) is 5.82 Å². The van der Waals surface area contributed by atoms with E-state index >= 15 is 0 Å². The number of hydrogen-bond donors (Lipinski definition) is 1. The molecule has 5 nitrogen and oxygen atoms in total. The number of aryl methyl sites for hydroxylation is 1. The average Bonchev–Trinajstić information content (AvgIpc) is 2.74. The van der Waals surface area contributed by atoms with E-state index < -0.39 is 21.7 Å². The zero-order valence-electron chi connectivity index (χ0n) is 16.8. The lowest BCUT2D eigenvalue weighted by Gasteiger charge is -2.30. The molecule has 2 aromatic carbocycles. The van der Waals surface area contributed by atoms with Crippen molar-refractivity contribution < 1.29 is 17.6 Å². The molecule has 1 aliphatic carbocycles. The Balaban J connectivity index is 1.88. The third-order valence-electron chi connectivity index (χ3n) is 5.59. The predicted molar refractivity (Wildman–Crippen MR) is 112 cm³/mol. The van der Waals surface area contributed by atoms with Gasteiger partial charge in [-0.25, -0.2) is 12.8 Å². The number of nitrogens with zero attached hydrogens (tertiary/aromatic N) is 1. The number of benzene rings is 2. The standard InChI is InChI=1S/C22H27FN2O3S/c1-3-16-9-7-8-12-21(16)24-22(26)19-15-18(13-14-20(19)23)29(27,28)25(2)17-10-5-4-6-11-17/h7-9,12-15,17H,3-6,10-11H2,1-2H3,(H,24,26). The van der Waals surface area contributed by atoms with Crippen LogP contribution in [-0.4, -0.2) is 31.7 Å². The van der Waals surface area contributed by atoms with Gasteiger partial charge in [-0.3, -0.25) is 4.79 Å². The van der Waals surface area contributed by atoms with Gasteiger partial charge in [0, 0.05) is 18.8 Å². The maximum Gasteiger partial charge on any atom is 0.258 e. The molecule has 0 bridgehead atoms. The molecule has 0 aromatic heterocycles. The summed E-state index contributed by atoms with van der Waals surface area (Å²) in [7, 11) is -2.25. The lowest BCUT2D eigenvalue weighted by atomic mass is 9.96. The first-order chi connectivity index (χ1) is 13.8. The first-order valence-electron chi connectivity index (χ1n) is 10.0. The number of halogens is 1. The Morgan fingerprint density at radius 3 is 2.52 bits per heavy atom. The summed E-state index contributed by atoms with van der Waals surface area (Å²) in [5.74, 6) is -1.42. The molecule has 0 radical (unpaired) electrons. The number of rotatable bonds is 6.